The van der Waals surface area contributed by atoms with Gasteiger partial charge in [-0.05, 0) is 12.1 Å². The van der Waals surface area contributed by atoms with E-state index >= 15 is 0 Å². The van der Waals surface area contributed by atoms with Crippen LogP contribution in [0.25, 0.3) is 0 Å². The van der Waals surface area contributed by atoms with Crippen LogP contribution in [0.3, 0.4) is 0 Å². The van der Waals surface area contributed by atoms with Crippen LogP contribution in [0, 0.1) is 0 Å². The molecular formula is C13H17F2N3O4. The van der Waals surface area contributed by atoms with Crippen molar-refractivity contribution in [3.8, 4) is 5.75 Å². The fourth-order valence-corrected chi connectivity index (χ4v) is 1.47. The number of alkyl halides is 2. The molecule has 0 heterocycles. The number of para-hydroxylation sites is 2. The van der Waals surface area contributed by atoms with Crippen molar-refractivity contribution in [2.75, 3.05) is 32.1 Å². The molecule has 0 bridgehead atoms. The molecule has 0 aromatic heterocycles. The summed E-state index contributed by atoms with van der Waals surface area (Å²) in [6, 6.07) is 5.26. The van der Waals surface area contributed by atoms with E-state index in [-0.39, 0.29) is 24.5 Å². The number of anilines is 1. The Labute approximate surface area is 126 Å². The van der Waals surface area contributed by atoms with Crippen LogP contribution in [0.1, 0.15) is 0 Å². The number of carbonyl (C=O) groups excluding carboxylic acids is 2. The summed E-state index contributed by atoms with van der Waals surface area (Å²) in [6.07, 6.45) is 0. The third-order valence-corrected chi connectivity index (χ3v) is 2.39. The van der Waals surface area contributed by atoms with Crippen LogP contribution in [-0.2, 0) is 9.53 Å². The number of ether oxygens (including phenoxy) is 2. The summed E-state index contributed by atoms with van der Waals surface area (Å²) in [4.78, 5) is 22.8. The molecule has 0 atom stereocenters. The molecule has 0 saturated heterocycles. The normalized spacial score (nSPS) is 10.2. The van der Waals surface area contributed by atoms with Crippen LogP contribution >= 0.6 is 0 Å². The summed E-state index contributed by atoms with van der Waals surface area (Å²) in [5, 5.41) is 7.09. The summed E-state index contributed by atoms with van der Waals surface area (Å²) >= 11 is 0. The zero-order chi connectivity index (χ0) is 16.4. The standard InChI is InChI=1S/C13H17F2N3O4/c1-21-7-6-16-13(20)18-11(19)8-17-9-4-2-3-5-10(9)22-12(14)15/h2-5,12,17H,6-8H2,1H3,(H2,16,18,19,20). The largest absolute Gasteiger partial charge is 0.433 e. The van der Waals surface area contributed by atoms with E-state index in [1.165, 1.54) is 25.3 Å². The zero-order valence-electron chi connectivity index (χ0n) is 11.9. The molecule has 3 amide bonds. The number of hydrogen-bond donors (Lipinski definition) is 3. The Balaban J connectivity index is 2.42. The number of nitrogens with one attached hydrogen (secondary N) is 3. The topological polar surface area (TPSA) is 88.7 Å². The molecule has 3 N–H and O–H groups in total. The van der Waals surface area contributed by atoms with E-state index in [0.717, 1.165) is 0 Å². The van der Waals surface area contributed by atoms with Crippen molar-refractivity contribution in [3.05, 3.63) is 24.3 Å². The number of halogens is 2. The van der Waals surface area contributed by atoms with Gasteiger partial charge in [0.05, 0.1) is 18.8 Å². The van der Waals surface area contributed by atoms with Crippen molar-refractivity contribution in [2.45, 2.75) is 6.61 Å². The molecular weight excluding hydrogens is 300 g/mol. The molecule has 0 aliphatic heterocycles. The van der Waals surface area contributed by atoms with Crippen LogP contribution < -0.4 is 20.7 Å². The number of hydrogen-bond acceptors (Lipinski definition) is 5. The molecule has 0 fully saturated rings. The summed E-state index contributed by atoms with van der Waals surface area (Å²) in [5.41, 5.74) is 0.220. The summed E-state index contributed by atoms with van der Waals surface area (Å²) < 4.78 is 33.5. The molecule has 0 aliphatic carbocycles. The Morgan fingerprint density at radius 3 is 2.68 bits per heavy atom. The lowest BCUT2D eigenvalue weighted by Gasteiger charge is -2.12. The van der Waals surface area contributed by atoms with E-state index in [4.69, 9.17) is 4.74 Å². The lowest BCUT2D eigenvalue weighted by atomic mass is 10.3. The first kappa shape index (κ1) is 17.6. The van der Waals surface area contributed by atoms with Gasteiger partial charge in [-0.2, -0.15) is 8.78 Å². The number of methoxy groups -OCH3 is 1. The van der Waals surface area contributed by atoms with Gasteiger partial charge in [0, 0.05) is 13.7 Å². The van der Waals surface area contributed by atoms with E-state index in [1.54, 1.807) is 6.07 Å². The van der Waals surface area contributed by atoms with Gasteiger partial charge in [0.1, 0.15) is 5.75 Å². The van der Waals surface area contributed by atoms with Crippen LogP contribution in [0.15, 0.2) is 24.3 Å². The highest BCUT2D eigenvalue weighted by atomic mass is 19.3. The van der Waals surface area contributed by atoms with E-state index in [2.05, 4.69) is 20.7 Å². The molecule has 0 saturated carbocycles. The highest BCUT2D eigenvalue weighted by Gasteiger charge is 2.11. The van der Waals surface area contributed by atoms with Gasteiger partial charge < -0.3 is 20.1 Å². The SMILES string of the molecule is COCCNC(=O)NC(=O)CNc1ccccc1OC(F)F. The second-order valence-electron chi connectivity index (χ2n) is 4.03. The maximum absolute atomic E-state index is 12.2. The number of rotatable bonds is 8. The zero-order valence-corrected chi connectivity index (χ0v) is 11.9. The Hall–Kier alpha value is -2.42. The number of carbonyl (C=O) groups is 2. The van der Waals surface area contributed by atoms with Gasteiger partial charge in [0.2, 0.25) is 5.91 Å². The Kier molecular flexibility index (Phi) is 7.62. The van der Waals surface area contributed by atoms with Crippen LogP contribution in [0.2, 0.25) is 0 Å². The molecule has 0 aliphatic rings. The maximum Gasteiger partial charge on any atom is 0.387 e. The van der Waals surface area contributed by atoms with Gasteiger partial charge in [0.15, 0.2) is 0 Å². The predicted molar refractivity (Wildman–Crippen MR) is 75.0 cm³/mol. The van der Waals surface area contributed by atoms with Crippen LogP contribution in [0.4, 0.5) is 19.3 Å². The Bertz CT molecular complexity index is 500. The summed E-state index contributed by atoms with van der Waals surface area (Å²) in [7, 11) is 1.48. The van der Waals surface area contributed by atoms with Gasteiger partial charge in [-0.25, -0.2) is 4.79 Å². The van der Waals surface area contributed by atoms with Crippen LogP contribution in [0.5, 0.6) is 5.75 Å². The molecule has 0 radical (unpaired) electrons. The quantitative estimate of drug-likeness (QED) is 0.626. The number of amides is 3. The van der Waals surface area contributed by atoms with E-state index in [0.29, 0.717) is 6.61 Å². The van der Waals surface area contributed by atoms with Crippen LogP contribution in [-0.4, -0.2) is 45.4 Å². The third-order valence-electron chi connectivity index (χ3n) is 2.39. The molecule has 0 unspecified atom stereocenters. The number of urea groups is 1. The number of benzene rings is 1. The highest BCUT2D eigenvalue weighted by molar-refractivity contribution is 5.96. The predicted octanol–water partition coefficient (Wildman–Crippen LogP) is 1.17. The molecule has 1 aromatic rings. The lowest BCUT2D eigenvalue weighted by Crippen LogP contribution is -2.43. The molecule has 22 heavy (non-hydrogen) atoms. The minimum Gasteiger partial charge on any atom is -0.433 e. The third kappa shape index (κ3) is 6.84. The second-order valence-corrected chi connectivity index (χ2v) is 4.03. The van der Waals surface area contributed by atoms with Gasteiger partial charge in [0.25, 0.3) is 0 Å². The molecule has 122 valence electrons. The summed E-state index contributed by atoms with van der Waals surface area (Å²) in [6.45, 7) is -2.67. The van der Waals surface area contributed by atoms with E-state index < -0.39 is 18.5 Å². The fraction of sp³-hybridized carbons (Fsp3) is 0.385. The van der Waals surface area contributed by atoms with Gasteiger partial charge in [-0.1, -0.05) is 12.1 Å². The summed E-state index contributed by atoms with van der Waals surface area (Å²) in [5.74, 6) is -0.711. The average molecular weight is 317 g/mol. The minimum absolute atomic E-state index is 0.0881. The van der Waals surface area contributed by atoms with Gasteiger partial charge in [-0.3, -0.25) is 10.1 Å². The second kappa shape index (κ2) is 9.50. The number of imide groups is 1. The van der Waals surface area contributed by atoms with Crippen molar-refractivity contribution in [1.82, 2.24) is 10.6 Å². The Morgan fingerprint density at radius 1 is 1.27 bits per heavy atom. The molecule has 7 nitrogen and oxygen atoms in total. The first-order chi connectivity index (χ1) is 10.5. The van der Waals surface area contributed by atoms with Crippen molar-refractivity contribution in [1.29, 1.82) is 0 Å². The van der Waals surface area contributed by atoms with Crippen molar-refractivity contribution >= 4 is 17.6 Å². The molecule has 9 heteroatoms. The lowest BCUT2D eigenvalue weighted by molar-refractivity contribution is -0.118. The maximum atomic E-state index is 12.2. The van der Waals surface area contributed by atoms with E-state index in [1.807, 2.05) is 0 Å². The van der Waals surface area contributed by atoms with Gasteiger partial charge in [-0.15, -0.1) is 0 Å². The van der Waals surface area contributed by atoms with Crippen molar-refractivity contribution < 1.29 is 27.8 Å². The fourth-order valence-electron chi connectivity index (χ4n) is 1.47. The first-order valence-electron chi connectivity index (χ1n) is 6.37. The monoisotopic (exact) mass is 317 g/mol. The minimum atomic E-state index is -2.97. The smallest absolute Gasteiger partial charge is 0.387 e. The van der Waals surface area contributed by atoms with Crippen molar-refractivity contribution in [3.63, 3.8) is 0 Å². The van der Waals surface area contributed by atoms with E-state index in [9.17, 15) is 18.4 Å². The average Bonchev–Trinajstić information content (AvgIpc) is 2.46. The first-order valence-corrected chi connectivity index (χ1v) is 6.37. The molecule has 1 aromatic carbocycles. The Morgan fingerprint density at radius 2 is 2.00 bits per heavy atom. The highest BCUT2D eigenvalue weighted by Crippen LogP contribution is 2.24. The molecule has 0 spiro atoms. The molecule has 1 rings (SSSR count). The van der Waals surface area contributed by atoms with Gasteiger partial charge >= 0.3 is 12.6 Å². The van der Waals surface area contributed by atoms with Crippen molar-refractivity contribution in [2.24, 2.45) is 0 Å².